The molecule has 4 nitrogen and oxygen atoms in total. The van der Waals surface area contributed by atoms with Gasteiger partial charge in [0.05, 0.1) is 6.07 Å². The molecule has 0 N–H and O–H groups in total. The number of halogens is 1. The lowest BCUT2D eigenvalue weighted by Crippen LogP contribution is -2.49. The molecule has 3 rings (SSSR count). The molecule has 122 valence electrons. The van der Waals surface area contributed by atoms with Crippen LogP contribution in [0.4, 0.5) is 0 Å². The number of carbonyl (C=O) groups excluding carboxylic acids is 1. The molecule has 0 bridgehead atoms. The second-order valence-electron chi connectivity index (χ2n) is 5.75. The number of benzene rings is 2. The second-order valence-corrected chi connectivity index (χ2v) is 6.15. The van der Waals surface area contributed by atoms with Crippen molar-refractivity contribution in [1.29, 1.82) is 5.26 Å². The smallest absolute Gasteiger partial charge is 0.253 e. The minimum atomic E-state index is -0.382. The summed E-state index contributed by atoms with van der Waals surface area (Å²) in [5.41, 5.74) is 1.53. The maximum absolute atomic E-state index is 12.5. The summed E-state index contributed by atoms with van der Waals surface area (Å²) in [6, 6.07) is 18.7. The van der Waals surface area contributed by atoms with Crippen molar-refractivity contribution in [2.75, 3.05) is 26.2 Å². The minimum Gasteiger partial charge on any atom is -0.336 e. The van der Waals surface area contributed by atoms with Gasteiger partial charge in [-0.3, -0.25) is 9.69 Å². The largest absolute Gasteiger partial charge is 0.336 e. The van der Waals surface area contributed by atoms with Crippen molar-refractivity contribution >= 4 is 17.5 Å². The van der Waals surface area contributed by atoms with Gasteiger partial charge in [0.2, 0.25) is 0 Å². The van der Waals surface area contributed by atoms with Gasteiger partial charge in [0.15, 0.2) is 0 Å². The first-order chi connectivity index (χ1) is 11.7. The van der Waals surface area contributed by atoms with E-state index in [4.69, 9.17) is 11.6 Å². The van der Waals surface area contributed by atoms with E-state index in [9.17, 15) is 10.1 Å². The van der Waals surface area contributed by atoms with Crippen molar-refractivity contribution < 1.29 is 4.79 Å². The van der Waals surface area contributed by atoms with E-state index in [1.54, 1.807) is 6.07 Å². The first-order valence-electron chi connectivity index (χ1n) is 7.93. The molecule has 1 aliphatic rings. The summed E-state index contributed by atoms with van der Waals surface area (Å²) in [5.74, 6) is 0.0431. The summed E-state index contributed by atoms with van der Waals surface area (Å²) < 4.78 is 0. The van der Waals surface area contributed by atoms with Crippen LogP contribution in [-0.2, 0) is 0 Å². The standard InChI is InChI=1S/C19H18ClN3O/c20-17-9-5-4-8-16(17)18(14-21)22-10-12-23(13-11-22)19(24)15-6-2-1-3-7-15/h1-9,18H,10-13H2. The Labute approximate surface area is 146 Å². The second kappa shape index (κ2) is 7.48. The lowest BCUT2D eigenvalue weighted by atomic mass is 10.1. The zero-order valence-electron chi connectivity index (χ0n) is 13.2. The van der Waals surface area contributed by atoms with Gasteiger partial charge in [-0.2, -0.15) is 5.26 Å². The predicted octanol–water partition coefficient (Wildman–Crippen LogP) is 3.36. The van der Waals surface area contributed by atoms with Gasteiger partial charge in [-0.15, -0.1) is 0 Å². The predicted molar refractivity (Wildman–Crippen MR) is 93.7 cm³/mol. The quantitative estimate of drug-likeness (QED) is 0.861. The van der Waals surface area contributed by atoms with Crippen LogP contribution < -0.4 is 0 Å². The normalized spacial score (nSPS) is 16.4. The molecular weight excluding hydrogens is 322 g/mol. The lowest BCUT2D eigenvalue weighted by molar-refractivity contribution is 0.0606. The molecule has 1 amide bonds. The summed E-state index contributed by atoms with van der Waals surface area (Å²) in [5, 5.41) is 10.2. The Kier molecular flexibility index (Phi) is 5.14. The summed E-state index contributed by atoms with van der Waals surface area (Å²) in [4.78, 5) is 16.4. The third-order valence-corrected chi connectivity index (χ3v) is 4.65. The van der Waals surface area contributed by atoms with Crippen molar-refractivity contribution in [3.8, 4) is 6.07 Å². The highest BCUT2D eigenvalue weighted by Gasteiger charge is 2.28. The van der Waals surface area contributed by atoms with Gasteiger partial charge >= 0.3 is 0 Å². The van der Waals surface area contributed by atoms with Gasteiger partial charge < -0.3 is 4.90 Å². The molecule has 1 saturated heterocycles. The number of carbonyl (C=O) groups is 1. The van der Waals surface area contributed by atoms with Crippen LogP contribution in [-0.4, -0.2) is 41.9 Å². The molecule has 1 unspecified atom stereocenters. The van der Waals surface area contributed by atoms with E-state index in [1.165, 1.54) is 0 Å². The molecule has 2 aromatic carbocycles. The van der Waals surface area contributed by atoms with E-state index in [2.05, 4.69) is 11.0 Å². The van der Waals surface area contributed by atoms with Crippen LogP contribution in [0.25, 0.3) is 0 Å². The Morgan fingerprint density at radius 1 is 1.00 bits per heavy atom. The van der Waals surface area contributed by atoms with E-state index < -0.39 is 0 Å². The Balaban J connectivity index is 1.67. The maximum atomic E-state index is 12.5. The number of piperazine rings is 1. The number of amides is 1. The topological polar surface area (TPSA) is 47.3 Å². The molecule has 0 saturated carbocycles. The molecule has 1 atom stereocenters. The van der Waals surface area contributed by atoms with Crippen LogP contribution in [0.2, 0.25) is 5.02 Å². The summed E-state index contributed by atoms with van der Waals surface area (Å²) >= 11 is 6.23. The van der Waals surface area contributed by atoms with Crippen LogP contribution in [0, 0.1) is 11.3 Å². The SMILES string of the molecule is N#CC(c1ccccc1Cl)N1CCN(C(=O)c2ccccc2)CC1. The zero-order valence-corrected chi connectivity index (χ0v) is 14.0. The van der Waals surface area contributed by atoms with E-state index in [0.717, 1.165) is 5.56 Å². The third-order valence-electron chi connectivity index (χ3n) is 4.31. The Morgan fingerprint density at radius 3 is 2.25 bits per heavy atom. The monoisotopic (exact) mass is 339 g/mol. The van der Waals surface area contributed by atoms with Gasteiger partial charge in [0.1, 0.15) is 6.04 Å². The molecule has 0 aromatic heterocycles. The minimum absolute atomic E-state index is 0.0431. The first kappa shape index (κ1) is 16.5. The molecule has 1 heterocycles. The zero-order chi connectivity index (χ0) is 16.9. The highest BCUT2D eigenvalue weighted by Crippen LogP contribution is 2.28. The van der Waals surface area contributed by atoms with Crippen LogP contribution in [0.1, 0.15) is 22.0 Å². The molecule has 0 aliphatic carbocycles. The number of nitriles is 1. The molecule has 5 heteroatoms. The summed E-state index contributed by atoms with van der Waals surface area (Å²) in [7, 11) is 0. The fourth-order valence-corrected chi connectivity index (χ4v) is 3.23. The first-order valence-corrected chi connectivity index (χ1v) is 8.31. The number of nitrogens with zero attached hydrogens (tertiary/aromatic N) is 3. The van der Waals surface area contributed by atoms with E-state index in [0.29, 0.717) is 36.8 Å². The van der Waals surface area contributed by atoms with Gasteiger partial charge in [0, 0.05) is 42.3 Å². The summed E-state index contributed by atoms with van der Waals surface area (Å²) in [6.07, 6.45) is 0. The summed E-state index contributed by atoms with van der Waals surface area (Å²) in [6.45, 7) is 2.52. The van der Waals surface area contributed by atoms with Gasteiger partial charge in [-0.25, -0.2) is 0 Å². The van der Waals surface area contributed by atoms with Crippen LogP contribution in [0.3, 0.4) is 0 Å². The van der Waals surface area contributed by atoms with Crippen molar-refractivity contribution in [3.05, 3.63) is 70.7 Å². The molecule has 0 spiro atoms. The van der Waals surface area contributed by atoms with Gasteiger partial charge in [0.25, 0.3) is 5.91 Å². The average molecular weight is 340 g/mol. The number of hydrogen-bond acceptors (Lipinski definition) is 3. The van der Waals surface area contributed by atoms with Gasteiger partial charge in [-0.05, 0) is 18.2 Å². The van der Waals surface area contributed by atoms with Gasteiger partial charge in [-0.1, -0.05) is 48.0 Å². The number of hydrogen-bond donors (Lipinski definition) is 0. The van der Waals surface area contributed by atoms with Crippen molar-refractivity contribution in [3.63, 3.8) is 0 Å². The Bertz CT molecular complexity index is 749. The van der Waals surface area contributed by atoms with Crippen LogP contribution in [0.5, 0.6) is 0 Å². The molecule has 1 fully saturated rings. The van der Waals surface area contributed by atoms with Crippen LogP contribution in [0.15, 0.2) is 54.6 Å². The van der Waals surface area contributed by atoms with Crippen molar-refractivity contribution in [1.82, 2.24) is 9.80 Å². The fourth-order valence-electron chi connectivity index (χ4n) is 2.99. The van der Waals surface area contributed by atoms with E-state index in [-0.39, 0.29) is 11.9 Å². The average Bonchev–Trinajstić information content (AvgIpc) is 2.64. The van der Waals surface area contributed by atoms with E-state index in [1.807, 2.05) is 53.4 Å². The molecule has 0 radical (unpaired) electrons. The Hall–Kier alpha value is -2.35. The molecule has 2 aromatic rings. The fraction of sp³-hybridized carbons (Fsp3) is 0.263. The van der Waals surface area contributed by atoms with Crippen LogP contribution >= 0.6 is 11.6 Å². The number of rotatable bonds is 3. The highest BCUT2D eigenvalue weighted by molar-refractivity contribution is 6.31. The molecule has 24 heavy (non-hydrogen) atoms. The third kappa shape index (κ3) is 3.43. The van der Waals surface area contributed by atoms with E-state index >= 15 is 0 Å². The Morgan fingerprint density at radius 2 is 1.62 bits per heavy atom. The lowest BCUT2D eigenvalue weighted by Gasteiger charge is -2.37. The molecule has 1 aliphatic heterocycles. The maximum Gasteiger partial charge on any atom is 0.253 e. The molecular formula is C19H18ClN3O. The van der Waals surface area contributed by atoms with Crippen molar-refractivity contribution in [2.45, 2.75) is 6.04 Å². The van der Waals surface area contributed by atoms with Crippen molar-refractivity contribution in [2.24, 2.45) is 0 Å². The highest BCUT2D eigenvalue weighted by atomic mass is 35.5.